The normalized spacial score (nSPS) is 12.8. The Hall–Kier alpha value is -0.860. The summed E-state index contributed by atoms with van der Waals surface area (Å²) in [5, 5.41) is 0. The molecule has 0 aliphatic carbocycles. The summed E-state index contributed by atoms with van der Waals surface area (Å²) in [5.74, 6) is 0. The molecule has 0 spiro atoms. The quantitative estimate of drug-likeness (QED) is 0.778. The van der Waals surface area contributed by atoms with Gasteiger partial charge in [0, 0.05) is 6.61 Å². The van der Waals surface area contributed by atoms with Gasteiger partial charge in [-0.2, -0.15) is 0 Å². The van der Waals surface area contributed by atoms with Crippen LogP contribution in [-0.2, 0) is 11.2 Å². The summed E-state index contributed by atoms with van der Waals surface area (Å²) in [6, 6.07) is 8.42. The van der Waals surface area contributed by atoms with E-state index < -0.39 is 0 Å². The van der Waals surface area contributed by atoms with Crippen LogP contribution in [0, 0.1) is 0 Å². The second-order valence-corrected chi connectivity index (χ2v) is 3.36. The first-order valence-corrected chi connectivity index (χ1v) is 5.20. The van der Waals surface area contributed by atoms with Crippen molar-refractivity contribution in [2.45, 2.75) is 26.3 Å². The van der Waals surface area contributed by atoms with E-state index in [4.69, 9.17) is 10.5 Å². The molecule has 1 unspecified atom stereocenters. The molecule has 1 aromatic carbocycles. The first-order chi connectivity index (χ1) is 6.77. The second kappa shape index (κ2) is 5.78. The highest BCUT2D eigenvalue weighted by Crippen LogP contribution is 2.12. The van der Waals surface area contributed by atoms with Gasteiger partial charge in [0.15, 0.2) is 0 Å². The van der Waals surface area contributed by atoms with Crippen molar-refractivity contribution in [2.75, 3.05) is 13.2 Å². The van der Waals surface area contributed by atoms with Crippen LogP contribution in [-0.4, -0.2) is 13.2 Å². The fourth-order valence-electron chi connectivity index (χ4n) is 1.34. The van der Waals surface area contributed by atoms with Gasteiger partial charge in [0.25, 0.3) is 0 Å². The SMILES string of the molecule is CCOCC(N)c1ccc(CC)cc1. The van der Waals surface area contributed by atoms with Crippen molar-refractivity contribution in [1.82, 2.24) is 0 Å². The second-order valence-electron chi connectivity index (χ2n) is 3.36. The highest BCUT2D eigenvalue weighted by Gasteiger charge is 2.04. The van der Waals surface area contributed by atoms with Crippen molar-refractivity contribution in [3.8, 4) is 0 Å². The molecule has 0 heterocycles. The summed E-state index contributed by atoms with van der Waals surface area (Å²) >= 11 is 0. The van der Waals surface area contributed by atoms with Gasteiger partial charge in [-0.05, 0) is 24.5 Å². The summed E-state index contributed by atoms with van der Waals surface area (Å²) < 4.78 is 5.28. The third-order valence-corrected chi connectivity index (χ3v) is 2.32. The van der Waals surface area contributed by atoms with Crippen molar-refractivity contribution in [3.05, 3.63) is 35.4 Å². The number of benzene rings is 1. The lowest BCUT2D eigenvalue weighted by Gasteiger charge is -2.12. The fourth-order valence-corrected chi connectivity index (χ4v) is 1.34. The predicted molar refractivity (Wildman–Crippen MR) is 59.2 cm³/mol. The zero-order chi connectivity index (χ0) is 10.4. The Morgan fingerprint density at radius 2 is 1.86 bits per heavy atom. The molecule has 2 heteroatoms. The van der Waals surface area contributed by atoms with Crippen LogP contribution >= 0.6 is 0 Å². The van der Waals surface area contributed by atoms with Crippen molar-refractivity contribution >= 4 is 0 Å². The lowest BCUT2D eigenvalue weighted by atomic mass is 10.1. The number of rotatable bonds is 5. The van der Waals surface area contributed by atoms with Gasteiger partial charge in [0.05, 0.1) is 12.6 Å². The third kappa shape index (κ3) is 3.13. The third-order valence-electron chi connectivity index (χ3n) is 2.32. The predicted octanol–water partition coefficient (Wildman–Crippen LogP) is 2.29. The molecule has 0 saturated heterocycles. The molecule has 2 nitrogen and oxygen atoms in total. The minimum absolute atomic E-state index is 0.000793. The van der Waals surface area contributed by atoms with E-state index in [-0.39, 0.29) is 6.04 Å². The molecule has 1 atom stereocenters. The van der Waals surface area contributed by atoms with Gasteiger partial charge in [0.1, 0.15) is 0 Å². The molecule has 0 radical (unpaired) electrons. The molecule has 0 amide bonds. The molecule has 0 bridgehead atoms. The van der Waals surface area contributed by atoms with Gasteiger partial charge in [-0.15, -0.1) is 0 Å². The summed E-state index contributed by atoms with van der Waals surface area (Å²) in [4.78, 5) is 0. The van der Waals surface area contributed by atoms with Crippen molar-refractivity contribution < 1.29 is 4.74 Å². The lowest BCUT2D eigenvalue weighted by molar-refractivity contribution is 0.133. The Balaban J connectivity index is 2.57. The molecule has 1 aromatic rings. The molecule has 0 saturated carbocycles. The molecular formula is C12H19NO. The first-order valence-electron chi connectivity index (χ1n) is 5.20. The van der Waals surface area contributed by atoms with Crippen LogP contribution in [0.4, 0.5) is 0 Å². The maximum Gasteiger partial charge on any atom is 0.0659 e. The zero-order valence-electron chi connectivity index (χ0n) is 8.99. The van der Waals surface area contributed by atoms with Gasteiger partial charge in [-0.1, -0.05) is 31.2 Å². The van der Waals surface area contributed by atoms with Gasteiger partial charge < -0.3 is 10.5 Å². The highest BCUT2D eigenvalue weighted by atomic mass is 16.5. The van der Waals surface area contributed by atoms with Crippen LogP contribution in [0.25, 0.3) is 0 Å². The van der Waals surface area contributed by atoms with Crippen LogP contribution in [0.5, 0.6) is 0 Å². The minimum atomic E-state index is 0.000793. The largest absolute Gasteiger partial charge is 0.380 e. The average Bonchev–Trinajstić information content (AvgIpc) is 2.26. The topological polar surface area (TPSA) is 35.2 Å². The van der Waals surface area contributed by atoms with Crippen molar-refractivity contribution in [1.29, 1.82) is 0 Å². The zero-order valence-corrected chi connectivity index (χ0v) is 8.99. The van der Waals surface area contributed by atoms with Crippen LogP contribution in [0.1, 0.15) is 31.0 Å². The van der Waals surface area contributed by atoms with E-state index in [1.807, 2.05) is 6.92 Å². The fraction of sp³-hybridized carbons (Fsp3) is 0.500. The van der Waals surface area contributed by atoms with Gasteiger partial charge in [0.2, 0.25) is 0 Å². The number of ether oxygens (including phenoxy) is 1. The summed E-state index contributed by atoms with van der Waals surface area (Å²) in [5.41, 5.74) is 8.44. The molecule has 1 rings (SSSR count). The Bertz CT molecular complexity index is 256. The standard InChI is InChI=1S/C12H19NO/c1-3-10-5-7-11(8-6-10)12(13)9-14-4-2/h5-8,12H,3-4,9,13H2,1-2H3. The molecule has 0 aliphatic heterocycles. The van der Waals surface area contributed by atoms with E-state index in [0.717, 1.165) is 18.6 Å². The molecule has 0 aliphatic rings. The maximum absolute atomic E-state index is 5.95. The smallest absolute Gasteiger partial charge is 0.0659 e. The Morgan fingerprint density at radius 3 is 2.36 bits per heavy atom. The van der Waals surface area contributed by atoms with E-state index >= 15 is 0 Å². The number of hydrogen-bond acceptors (Lipinski definition) is 2. The van der Waals surface area contributed by atoms with Crippen LogP contribution in [0.2, 0.25) is 0 Å². The lowest BCUT2D eigenvalue weighted by Crippen LogP contribution is -2.16. The summed E-state index contributed by atoms with van der Waals surface area (Å²) in [6.07, 6.45) is 1.07. The maximum atomic E-state index is 5.95. The van der Waals surface area contributed by atoms with Crippen molar-refractivity contribution in [2.24, 2.45) is 5.73 Å². The van der Waals surface area contributed by atoms with Gasteiger partial charge in [-0.25, -0.2) is 0 Å². The summed E-state index contributed by atoms with van der Waals surface area (Å²) in [7, 11) is 0. The summed E-state index contributed by atoms with van der Waals surface area (Å²) in [6.45, 7) is 5.45. The monoisotopic (exact) mass is 193 g/mol. The molecule has 2 N–H and O–H groups in total. The Morgan fingerprint density at radius 1 is 1.21 bits per heavy atom. The molecule has 0 aromatic heterocycles. The van der Waals surface area contributed by atoms with E-state index in [9.17, 15) is 0 Å². The van der Waals surface area contributed by atoms with E-state index in [1.165, 1.54) is 5.56 Å². The first kappa shape index (κ1) is 11.2. The van der Waals surface area contributed by atoms with Crippen LogP contribution < -0.4 is 5.73 Å². The molecule has 78 valence electrons. The Labute approximate surface area is 86.1 Å². The van der Waals surface area contributed by atoms with Crippen molar-refractivity contribution in [3.63, 3.8) is 0 Å². The van der Waals surface area contributed by atoms with E-state index in [2.05, 4.69) is 31.2 Å². The molecule has 0 fully saturated rings. The average molecular weight is 193 g/mol. The minimum Gasteiger partial charge on any atom is -0.380 e. The van der Waals surface area contributed by atoms with E-state index in [0.29, 0.717) is 6.61 Å². The molecular weight excluding hydrogens is 174 g/mol. The number of nitrogens with two attached hydrogens (primary N) is 1. The van der Waals surface area contributed by atoms with Crippen LogP contribution in [0.3, 0.4) is 0 Å². The number of aryl methyl sites for hydroxylation is 1. The van der Waals surface area contributed by atoms with E-state index in [1.54, 1.807) is 0 Å². The van der Waals surface area contributed by atoms with Gasteiger partial charge >= 0.3 is 0 Å². The molecule has 14 heavy (non-hydrogen) atoms. The Kier molecular flexibility index (Phi) is 4.63. The van der Waals surface area contributed by atoms with Gasteiger partial charge in [-0.3, -0.25) is 0 Å². The number of hydrogen-bond donors (Lipinski definition) is 1. The highest BCUT2D eigenvalue weighted by molar-refractivity contribution is 5.24. The van der Waals surface area contributed by atoms with Crippen LogP contribution in [0.15, 0.2) is 24.3 Å².